The molecule has 0 spiro atoms. The maximum Gasteiger partial charge on any atom is 0.145 e. The third-order valence-corrected chi connectivity index (χ3v) is 3.54. The highest BCUT2D eigenvalue weighted by Gasteiger charge is 2.14. The molecule has 3 N–H and O–H groups in total. The SMILES string of the molecule is CCOc1ccc(C(Cc2cccc(Cl)c2F)NN)cc1. The number of hydrazine groups is 1. The largest absolute Gasteiger partial charge is 0.494 e. The lowest BCUT2D eigenvalue weighted by Crippen LogP contribution is -2.29. The quantitative estimate of drug-likeness (QED) is 0.633. The molecular weight excluding hydrogens is 291 g/mol. The van der Waals surface area contributed by atoms with Crippen molar-refractivity contribution >= 4 is 11.6 Å². The fourth-order valence-electron chi connectivity index (χ4n) is 2.16. The second kappa shape index (κ2) is 7.41. The molecule has 0 aromatic heterocycles. The first kappa shape index (κ1) is 15.8. The maximum atomic E-state index is 14.0. The van der Waals surface area contributed by atoms with Gasteiger partial charge < -0.3 is 4.74 Å². The lowest BCUT2D eigenvalue weighted by atomic mass is 9.99. The van der Waals surface area contributed by atoms with Gasteiger partial charge in [0.25, 0.3) is 0 Å². The average Bonchev–Trinajstić information content (AvgIpc) is 2.50. The van der Waals surface area contributed by atoms with Crippen LogP contribution in [0.3, 0.4) is 0 Å². The molecule has 1 unspecified atom stereocenters. The molecule has 0 radical (unpaired) electrons. The normalized spacial score (nSPS) is 12.2. The Labute approximate surface area is 128 Å². The molecule has 2 aromatic carbocycles. The summed E-state index contributed by atoms with van der Waals surface area (Å²) in [5.41, 5.74) is 4.20. The van der Waals surface area contributed by atoms with Gasteiger partial charge in [-0.2, -0.15) is 0 Å². The molecular formula is C16H18ClFN2O. The van der Waals surface area contributed by atoms with Crippen molar-refractivity contribution in [1.29, 1.82) is 0 Å². The Kier molecular flexibility index (Phi) is 5.56. The molecule has 21 heavy (non-hydrogen) atoms. The van der Waals surface area contributed by atoms with Crippen LogP contribution in [0.25, 0.3) is 0 Å². The van der Waals surface area contributed by atoms with E-state index in [1.54, 1.807) is 12.1 Å². The van der Waals surface area contributed by atoms with E-state index in [1.807, 2.05) is 31.2 Å². The molecule has 0 fully saturated rings. The number of benzene rings is 2. The molecule has 1 atom stereocenters. The highest BCUT2D eigenvalue weighted by atomic mass is 35.5. The summed E-state index contributed by atoms with van der Waals surface area (Å²) in [6.07, 6.45) is 0.414. The summed E-state index contributed by atoms with van der Waals surface area (Å²) in [7, 11) is 0. The minimum absolute atomic E-state index is 0.120. The van der Waals surface area contributed by atoms with Gasteiger partial charge in [0.1, 0.15) is 11.6 Å². The van der Waals surface area contributed by atoms with Gasteiger partial charge in [0, 0.05) is 0 Å². The summed E-state index contributed by atoms with van der Waals surface area (Å²) in [5, 5.41) is 0.120. The topological polar surface area (TPSA) is 47.3 Å². The lowest BCUT2D eigenvalue weighted by Gasteiger charge is -2.17. The Balaban J connectivity index is 2.17. The summed E-state index contributed by atoms with van der Waals surface area (Å²) in [4.78, 5) is 0. The standard InChI is InChI=1S/C16H18ClFN2O/c1-2-21-13-8-6-11(7-9-13)15(20-19)10-12-4-3-5-14(17)16(12)18/h3-9,15,20H,2,10,19H2,1H3. The minimum atomic E-state index is -0.398. The first-order chi connectivity index (χ1) is 10.2. The average molecular weight is 309 g/mol. The van der Waals surface area contributed by atoms with Crippen molar-refractivity contribution in [2.24, 2.45) is 5.84 Å². The molecule has 0 bridgehead atoms. The fraction of sp³-hybridized carbons (Fsp3) is 0.250. The fourth-order valence-corrected chi connectivity index (χ4v) is 2.36. The van der Waals surface area contributed by atoms with Gasteiger partial charge in [0.2, 0.25) is 0 Å². The van der Waals surface area contributed by atoms with Crippen molar-refractivity contribution in [3.8, 4) is 5.75 Å². The highest BCUT2D eigenvalue weighted by molar-refractivity contribution is 6.30. The molecule has 3 nitrogen and oxygen atoms in total. The molecule has 0 aliphatic heterocycles. The Bertz CT molecular complexity index is 589. The Morgan fingerprint density at radius 1 is 1.24 bits per heavy atom. The van der Waals surface area contributed by atoms with Crippen LogP contribution in [-0.2, 0) is 6.42 Å². The summed E-state index contributed by atoms with van der Waals surface area (Å²) < 4.78 is 19.4. The highest BCUT2D eigenvalue weighted by Crippen LogP contribution is 2.24. The van der Waals surface area contributed by atoms with Crippen LogP contribution in [0, 0.1) is 5.82 Å². The molecule has 0 heterocycles. The van der Waals surface area contributed by atoms with Crippen LogP contribution >= 0.6 is 11.6 Å². The zero-order valence-corrected chi connectivity index (χ0v) is 12.5. The van der Waals surface area contributed by atoms with Crippen LogP contribution in [0.2, 0.25) is 5.02 Å². The van der Waals surface area contributed by atoms with Crippen molar-refractivity contribution in [2.45, 2.75) is 19.4 Å². The number of halogens is 2. The van der Waals surface area contributed by atoms with Gasteiger partial charge in [-0.1, -0.05) is 35.9 Å². The van der Waals surface area contributed by atoms with Gasteiger partial charge in [-0.3, -0.25) is 11.3 Å². The van der Waals surface area contributed by atoms with Crippen LogP contribution in [0.4, 0.5) is 4.39 Å². The van der Waals surface area contributed by atoms with Gasteiger partial charge in [0.15, 0.2) is 0 Å². The van der Waals surface area contributed by atoms with Gasteiger partial charge >= 0.3 is 0 Å². The van der Waals surface area contributed by atoms with E-state index >= 15 is 0 Å². The second-order valence-corrected chi connectivity index (χ2v) is 5.05. The Hall–Kier alpha value is -1.62. The van der Waals surface area contributed by atoms with E-state index in [9.17, 15) is 4.39 Å². The molecule has 2 rings (SSSR count). The van der Waals surface area contributed by atoms with Gasteiger partial charge in [-0.25, -0.2) is 4.39 Å². The minimum Gasteiger partial charge on any atom is -0.494 e. The predicted octanol–water partition coefficient (Wildman–Crippen LogP) is 3.62. The first-order valence-corrected chi connectivity index (χ1v) is 7.15. The van der Waals surface area contributed by atoms with Gasteiger partial charge in [-0.15, -0.1) is 0 Å². The van der Waals surface area contributed by atoms with Gasteiger partial charge in [-0.05, 0) is 42.7 Å². The summed E-state index contributed by atoms with van der Waals surface area (Å²) >= 11 is 5.80. The number of nitrogens with two attached hydrogens (primary N) is 1. The van der Waals surface area contributed by atoms with E-state index in [2.05, 4.69) is 5.43 Å². The van der Waals surface area contributed by atoms with E-state index in [4.69, 9.17) is 22.2 Å². The van der Waals surface area contributed by atoms with Crippen molar-refractivity contribution < 1.29 is 9.13 Å². The number of hydrogen-bond acceptors (Lipinski definition) is 3. The van der Waals surface area contributed by atoms with Crippen LogP contribution < -0.4 is 16.0 Å². The van der Waals surface area contributed by atoms with E-state index < -0.39 is 5.82 Å². The maximum absolute atomic E-state index is 14.0. The molecule has 2 aromatic rings. The van der Waals surface area contributed by atoms with Crippen LogP contribution in [0.15, 0.2) is 42.5 Å². The zero-order valence-electron chi connectivity index (χ0n) is 11.8. The summed E-state index contributed by atoms with van der Waals surface area (Å²) in [5.74, 6) is 6.00. The van der Waals surface area contributed by atoms with E-state index in [1.165, 1.54) is 6.07 Å². The van der Waals surface area contributed by atoms with Gasteiger partial charge in [0.05, 0.1) is 17.7 Å². The van der Waals surface area contributed by atoms with E-state index in [-0.39, 0.29) is 11.1 Å². The third-order valence-electron chi connectivity index (χ3n) is 3.25. The smallest absolute Gasteiger partial charge is 0.145 e. The summed E-state index contributed by atoms with van der Waals surface area (Å²) in [6, 6.07) is 12.3. The number of ether oxygens (including phenoxy) is 1. The van der Waals surface area contributed by atoms with E-state index in [0.717, 1.165) is 11.3 Å². The van der Waals surface area contributed by atoms with Crippen molar-refractivity contribution in [1.82, 2.24) is 5.43 Å². The van der Waals surface area contributed by atoms with Crippen molar-refractivity contribution in [3.05, 3.63) is 64.4 Å². The van der Waals surface area contributed by atoms with Crippen LogP contribution in [0.1, 0.15) is 24.1 Å². The molecule has 0 amide bonds. The first-order valence-electron chi connectivity index (χ1n) is 6.77. The molecule has 112 valence electrons. The van der Waals surface area contributed by atoms with Crippen molar-refractivity contribution in [2.75, 3.05) is 6.61 Å². The molecule has 0 saturated carbocycles. The molecule has 0 aliphatic carbocycles. The van der Waals surface area contributed by atoms with Crippen LogP contribution in [-0.4, -0.2) is 6.61 Å². The second-order valence-electron chi connectivity index (χ2n) is 4.64. The van der Waals surface area contributed by atoms with Crippen molar-refractivity contribution in [3.63, 3.8) is 0 Å². The molecule has 0 saturated heterocycles. The third kappa shape index (κ3) is 3.94. The monoisotopic (exact) mass is 308 g/mol. The van der Waals surface area contributed by atoms with Crippen LogP contribution in [0.5, 0.6) is 5.75 Å². The lowest BCUT2D eigenvalue weighted by molar-refractivity contribution is 0.340. The Morgan fingerprint density at radius 3 is 2.57 bits per heavy atom. The van der Waals surface area contributed by atoms with E-state index in [0.29, 0.717) is 18.6 Å². The number of hydrogen-bond donors (Lipinski definition) is 2. The summed E-state index contributed by atoms with van der Waals surface area (Å²) in [6.45, 7) is 2.55. The molecule has 5 heteroatoms. The number of rotatable bonds is 6. The number of nitrogens with one attached hydrogen (secondary N) is 1. The predicted molar refractivity (Wildman–Crippen MR) is 82.8 cm³/mol. The Morgan fingerprint density at radius 2 is 1.95 bits per heavy atom. The zero-order chi connectivity index (χ0) is 15.2. The molecule has 0 aliphatic rings.